The molecule has 2 aromatic carbocycles. The van der Waals surface area contributed by atoms with Gasteiger partial charge in [-0.3, -0.25) is 4.79 Å². The quantitative estimate of drug-likeness (QED) is 0.612. The molecule has 1 heterocycles. The predicted octanol–water partition coefficient (Wildman–Crippen LogP) is 4.75. The Hall–Kier alpha value is -2.26. The summed E-state index contributed by atoms with van der Waals surface area (Å²) in [5, 5.41) is 1.60. The minimum atomic E-state index is 0.490. The highest BCUT2D eigenvalue weighted by molar-refractivity contribution is 6.32. The normalized spacial score (nSPS) is 10.9. The number of aryl methyl sites for hydroxylation is 1. The minimum absolute atomic E-state index is 0.490. The van der Waals surface area contributed by atoms with Crippen LogP contribution >= 0.6 is 11.6 Å². The SMILES string of the molecule is CCc1cccc2c(C=O)cn(CCOc3ccccc3Cl)c12. The zero-order chi connectivity index (χ0) is 16.2. The van der Waals surface area contributed by atoms with Gasteiger partial charge in [0.15, 0.2) is 6.29 Å². The zero-order valence-corrected chi connectivity index (χ0v) is 13.7. The molecule has 3 aromatic rings. The van der Waals surface area contributed by atoms with Gasteiger partial charge in [0.1, 0.15) is 12.4 Å². The molecule has 0 aliphatic heterocycles. The number of ether oxygens (including phenoxy) is 1. The van der Waals surface area contributed by atoms with Crippen LogP contribution in [0.15, 0.2) is 48.7 Å². The Morgan fingerprint density at radius 2 is 2.00 bits per heavy atom. The summed E-state index contributed by atoms with van der Waals surface area (Å²) < 4.78 is 7.86. The van der Waals surface area contributed by atoms with E-state index in [1.165, 1.54) is 5.56 Å². The van der Waals surface area contributed by atoms with Gasteiger partial charge in [0.05, 0.1) is 17.1 Å². The van der Waals surface area contributed by atoms with Crippen LogP contribution in [0.2, 0.25) is 5.02 Å². The van der Waals surface area contributed by atoms with Crippen LogP contribution in [0.25, 0.3) is 10.9 Å². The molecule has 0 bridgehead atoms. The summed E-state index contributed by atoms with van der Waals surface area (Å²) in [6.45, 7) is 3.27. The predicted molar refractivity (Wildman–Crippen MR) is 93.7 cm³/mol. The van der Waals surface area contributed by atoms with Gasteiger partial charge in [0.2, 0.25) is 0 Å². The van der Waals surface area contributed by atoms with E-state index in [1.54, 1.807) is 0 Å². The number of aldehydes is 1. The van der Waals surface area contributed by atoms with Crippen molar-refractivity contribution in [3.8, 4) is 5.75 Å². The van der Waals surface area contributed by atoms with E-state index in [2.05, 4.69) is 17.6 Å². The van der Waals surface area contributed by atoms with E-state index in [4.69, 9.17) is 16.3 Å². The fourth-order valence-electron chi connectivity index (χ4n) is 2.84. The molecule has 0 atom stereocenters. The molecule has 0 aliphatic carbocycles. The molecule has 118 valence electrons. The van der Waals surface area contributed by atoms with Crippen molar-refractivity contribution < 1.29 is 9.53 Å². The van der Waals surface area contributed by atoms with Crippen molar-refractivity contribution in [3.05, 3.63) is 64.8 Å². The second-order valence-electron chi connectivity index (χ2n) is 5.34. The highest BCUT2D eigenvalue weighted by Gasteiger charge is 2.11. The van der Waals surface area contributed by atoms with Crippen molar-refractivity contribution >= 4 is 28.8 Å². The number of carbonyl (C=O) groups is 1. The highest BCUT2D eigenvalue weighted by Crippen LogP contribution is 2.26. The van der Waals surface area contributed by atoms with Gasteiger partial charge in [-0.05, 0) is 24.1 Å². The number of rotatable bonds is 6. The monoisotopic (exact) mass is 327 g/mol. The fourth-order valence-corrected chi connectivity index (χ4v) is 3.03. The lowest BCUT2D eigenvalue weighted by Crippen LogP contribution is -2.08. The molecule has 0 fully saturated rings. The van der Waals surface area contributed by atoms with E-state index < -0.39 is 0 Å². The summed E-state index contributed by atoms with van der Waals surface area (Å²) in [6.07, 6.45) is 3.73. The van der Waals surface area contributed by atoms with Gasteiger partial charge in [-0.25, -0.2) is 0 Å². The van der Waals surface area contributed by atoms with E-state index in [0.717, 1.165) is 23.6 Å². The third-order valence-electron chi connectivity index (χ3n) is 3.95. The van der Waals surface area contributed by atoms with Crippen LogP contribution in [-0.2, 0) is 13.0 Å². The smallest absolute Gasteiger partial charge is 0.152 e. The summed E-state index contributed by atoms with van der Waals surface area (Å²) in [7, 11) is 0. The van der Waals surface area contributed by atoms with Gasteiger partial charge >= 0.3 is 0 Å². The number of nitrogens with zero attached hydrogens (tertiary/aromatic N) is 1. The molecular formula is C19H18ClNO2. The van der Waals surface area contributed by atoms with Crippen molar-refractivity contribution in [2.75, 3.05) is 6.61 Å². The van der Waals surface area contributed by atoms with Gasteiger partial charge in [0, 0.05) is 17.1 Å². The molecule has 4 heteroatoms. The van der Waals surface area contributed by atoms with Gasteiger partial charge < -0.3 is 9.30 Å². The average molecular weight is 328 g/mol. The third kappa shape index (κ3) is 3.10. The second kappa shape index (κ2) is 6.88. The lowest BCUT2D eigenvalue weighted by molar-refractivity contribution is 0.112. The molecule has 23 heavy (non-hydrogen) atoms. The number of benzene rings is 2. The molecule has 3 nitrogen and oxygen atoms in total. The number of aromatic nitrogens is 1. The lowest BCUT2D eigenvalue weighted by Gasteiger charge is -2.11. The maximum Gasteiger partial charge on any atom is 0.152 e. The summed E-state index contributed by atoms with van der Waals surface area (Å²) in [5.74, 6) is 0.678. The van der Waals surface area contributed by atoms with Crippen molar-refractivity contribution in [2.45, 2.75) is 19.9 Å². The van der Waals surface area contributed by atoms with Gasteiger partial charge in [0.25, 0.3) is 0 Å². The largest absolute Gasteiger partial charge is 0.490 e. The van der Waals surface area contributed by atoms with E-state index in [0.29, 0.717) is 29.5 Å². The van der Waals surface area contributed by atoms with E-state index >= 15 is 0 Å². The molecule has 0 saturated carbocycles. The molecule has 0 N–H and O–H groups in total. The first-order chi connectivity index (χ1) is 11.2. The van der Waals surface area contributed by atoms with Crippen molar-refractivity contribution in [1.82, 2.24) is 4.57 Å². The lowest BCUT2D eigenvalue weighted by atomic mass is 10.1. The first kappa shape index (κ1) is 15.6. The molecule has 0 unspecified atom stereocenters. The zero-order valence-electron chi connectivity index (χ0n) is 13.0. The maximum absolute atomic E-state index is 11.3. The number of hydrogen-bond donors (Lipinski definition) is 0. The van der Waals surface area contributed by atoms with Crippen molar-refractivity contribution in [1.29, 1.82) is 0 Å². The maximum atomic E-state index is 11.3. The molecule has 0 radical (unpaired) electrons. The standard InChI is InChI=1S/C19H18ClNO2/c1-2-14-6-5-7-16-15(13-22)12-21(19(14)16)10-11-23-18-9-4-3-8-17(18)20/h3-9,12-13H,2,10-11H2,1H3. The van der Waals surface area contributed by atoms with Crippen molar-refractivity contribution in [2.24, 2.45) is 0 Å². The Bertz CT molecular complexity index is 839. The van der Waals surface area contributed by atoms with Crippen LogP contribution in [0.5, 0.6) is 5.75 Å². The number of carbonyl (C=O) groups excluding carboxylic acids is 1. The van der Waals surface area contributed by atoms with E-state index in [9.17, 15) is 4.79 Å². The number of hydrogen-bond acceptors (Lipinski definition) is 2. The average Bonchev–Trinajstić information content (AvgIpc) is 2.95. The van der Waals surface area contributed by atoms with E-state index in [-0.39, 0.29) is 0 Å². The molecule has 0 amide bonds. The minimum Gasteiger partial charge on any atom is -0.490 e. The van der Waals surface area contributed by atoms with Crippen LogP contribution < -0.4 is 4.74 Å². The summed E-state index contributed by atoms with van der Waals surface area (Å²) in [6, 6.07) is 13.5. The fraction of sp³-hybridized carbons (Fsp3) is 0.211. The molecule has 0 spiro atoms. The number of halogens is 1. The van der Waals surface area contributed by atoms with Crippen LogP contribution in [0.3, 0.4) is 0 Å². The first-order valence-electron chi connectivity index (χ1n) is 7.67. The Balaban J connectivity index is 1.85. The number of para-hydroxylation sites is 2. The van der Waals surface area contributed by atoms with E-state index in [1.807, 2.05) is 42.6 Å². The molecular weight excluding hydrogens is 310 g/mol. The van der Waals surface area contributed by atoms with Gasteiger partial charge in [-0.15, -0.1) is 0 Å². The Morgan fingerprint density at radius 3 is 2.74 bits per heavy atom. The Labute approximate surface area is 140 Å². The summed E-state index contributed by atoms with van der Waals surface area (Å²) >= 11 is 6.10. The summed E-state index contributed by atoms with van der Waals surface area (Å²) in [4.78, 5) is 11.3. The Kier molecular flexibility index (Phi) is 4.68. The molecule has 1 aromatic heterocycles. The topological polar surface area (TPSA) is 31.2 Å². The molecule has 3 rings (SSSR count). The molecule has 0 aliphatic rings. The van der Waals surface area contributed by atoms with Gasteiger partial charge in [-0.2, -0.15) is 0 Å². The first-order valence-corrected chi connectivity index (χ1v) is 8.05. The Morgan fingerprint density at radius 1 is 1.17 bits per heavy atom. The van der Waals surface area contributed by atoms with Crippen molar-refractivity contribution in [3.63, 3.8) is 0 Å². The highest BCUT2D eigenvalue weighted by atomic mass is 35.5. The van der Waals surface area contributed by atoms with Gasteiger partial charge in [-0.1, -0.05) is 48.9 Å². The molecule has 0 saturated heterocycles. The van der Waals surface area contributed by atoms with Crippen LogP contribution in [-0.4, -0.2) is 17.5 Å². The van der Waals surface area contributed by atoms with Crippen LogP contribution in [0, 0.1) is 0 Å². The third-order valence-corrected chi connectivity index (χ3v) is 4.26. The summed E-state index contributed by atoms with van der Waals surface area (Å²) in [5.41, 5.74) is 3.06. The second-order valence-corrected chi connectivity index (χ2v) is 5.75. The van der Waals surface area contributed by atoms with Crippen LogP contribution in [0.4, 0.5) is 0 Å². The number of fused-ring (bicyclic) bond motifs is 1. The van der Waals surface area contributed by atoms with Crippen LogP contribution in [0.1, 0.15) is 22.8 Å².